The van der Waals surface area contributed by atoms with Crippen LogP contribution in [0.4, 0.5) is 14.5 Å². The number of esters is 1. The molecule has 0 aliphatic carbocycles. The largest absolute Gasteiger partial charge is 0.466 e. The van der Waals surface area contributed by atoms with Crippen molar-refractivity contribution < 1.29 is 18.3 Å². The lowest BCUT2D eigenvalue weighted by Gasteiger charge is -2.09. The lowest BCUT2D eigenvalue weighted by atomic mass is 10.2. The van der Waals surface area contributed by atoms with Gasteiger partial charge in [0.2, 0.25) is 0 Å². The van der Waals surface area contributed by atoms with Gasteiger partial charge in [-0.1, -0.05) is 0 Å². The van der Waals surface area contributed by atoms with Gasteiger partial charge in [-0.15, -0.1) is 0 Å². The number of halogens is 3. The first-order chi connectivity index (χ1) is 7.95. The van der Waals surface area contributed by atoms with E-state index in [4.69, 9.17) is 10.5 Å². The summed E-state index contributed by atoms with van der Waals surface area (Å²) in [5.41, 5.74) is 5.47. The average Bonchev–Trinajstić information content (AvgIpc) is 2.15. The molecule has 7 heteroatoms. The predicted molar refractivity (Wildman–Crippen MR) is 66.7 cm³/mol. The lowest BCUT2D eigenvalue weighted by Crippen LogP contribution is -2.11. The Kier molecular flexibility index (Phi) is 5.03. The number of nitrogens with two attached hydrogens (primary N) is 1. The van der Waals surface area contributed by atoms with Gasteiger partial charge in [0.05, 0.1) is 24.3 Å². The van der Waals surface area contributed by atoms with E-state index in [9.17, 15) is 13.6 Å². The fourth-order valence-electron chi connectivity index (χ4n) is 1.26. The molecule has 0 spiro atoms. The molecule has 0 bridgehead atoms. The summed E-state index contributed by atoms with van der Waals surface area (Å²) in [6.07, 6.45) is -2.75. The van der Waals surface area contributed by atoms with Gasteiger partial charge in [-0.3, -0.25) is 4.79 Å². The summed E-state index contributed by atoms with van der Waals surface area (Å²) in [5, 5.41) is 0. The van der Waals surface area contributed by atoms with Gasteiger partial charge in [-0.2, -0.15) is 0 Å². The first-order valence-electron chi connectivity index (χ1n) is 4.84. The number of alkyl halides is 2. The minimum atomic E-state index is -2.67. The number of nitrogen functional groups attached to an aromatic ring is 1. The molecular formula is C10H11F2IN2O2. The molecule has 1 rings (SSSR count). The summed E-state index contributed by atoms with van der Waals surface area (Å²) in [5.74, 6) is -0.458. The fourth-order valence-corrected chi connectivity index (χ4v) is 2.12. The Morgan fingerprint density at radius 2 is 2.29 bits per heavy atom. The number of pyridine rings is 1. The summed E-state index contributed by atoms with van der Waals surface area (Å²) in [6.45, 7) is 1.95. The molecule has 17 heavy (non-hydrogen) atoms. The van der Waals surface area contributed by atoms with E-state index in [1.165, 1.54) is 6.07 Å². The van der Waals surface area contributed by atoms with E-state index < -0.39 is 12.4 Å². The summed E-state index contributed by atoms with van der Waals surface area (Å²) in [7, 11) is 0. The van der Waals surface area contributed by atoms with E-state index in [2.05, 4.69) is 4.98 Å². The molecule has 1 heterocycles. The predicted octanol–water partition coefficient (Wildman–Crippen LogP) is 2.31. The highest BCUT2D eigenvalue weighted by Crippen LogP contribution is 2.29. The smallest absolute Gasteiger partial charge is 0.311 e. The topological polar surface area (TPSA) is 65.2 Å². The quantitative estimate of drug-likeness (QED) is 0.511. The van der Waals surface area contributed by atoms with Crippen molar-refractivity contribution in [2.45, 2.75) is 19.8 Å². The molecule has 0 fully saturated rings. The van der Waals surface area contributed by atoms with Gasteiger partial charge in [0.15, 0.2) is 0 Å². The van der Waals surface area contributed by atoms with Crippen molar-refractivity contribution in [1.82, 2.24) is 4.98 Å². The van der Waals surface area contributed by atoms with Crippen LogP contribution in [0.1, 0.15) is 24.6 Å². The highest BCUT2D eigenvalue weighted by Gasteiger charge is 2.18. The molecule has 0 aromatic carbocycles. The second-order valence-corrected chi connectivity index (χ2v) is 4.21. The molecule has 0 amide bonds. The Balaban J connectivity index is 2.94. The van der Waals surface area contributed by atoms with E-state index in [0.717, 1.165) is 0 Å². The van der Waals surface area contributed by atoms with Crippen LogP contribution >= 0.6 is 22.6 Å². The van der Waals surface area contributed by atoms with Crippen LogP contribution in [0.25, 0.3) is 0 Å². The maximum Gasteiger partial charge on any atom is 0.311 e. The van der Waals surface area contributed by atoms with Crippen LogP contribution in [0.2, 0.25) is 0 Å². The summed E-state index contributed by atoms with van der Waals surface area (Å²) < 4.78 is 30.0. The third-order valence-electron chi connectivity index (χ3n) is 1.95. The molecule has 1 aromatic heterocycles. The van der Waals surface area contributed by atoms with Gasteiger partial charge in [0, 0.05) is 5.69 Å². The van der Waals surface area contributed by atoms with Gasteiger partial charge in [0.25, 0.3) is 6.43 Å². The summed E-state index contributed by atoms with van der Waals surface area (Å²) in [4.78, 5) is 15.1. The van der Waals surface area contributed by atoms with E-state index in [1.54, 1.807) is 29.5 Å². The monoisotopic (exact) mass is 356 g/mol. The number of hydrogen-bond acceptors (Lipinski definition) is 4. The third kappa shape index (κ3) is 3.76. The number of anilines is 1. The number of hydrogen-bond donors (Lipinski definition) is 1. The summed E-state index contributed by atoms with van der Waals surface area (Å²) in [6, 6.07) is 1.28. The van der Waals surface area contributed by atoms with Crippen molar-refractivity contribution in [2.75, 3.05) is 12.3 Å². The maximum atomic E-state index is 12.6. The third-order valence-corrected chi connectivity index (χ3v) is 2.77. The molecule has 1 aromatic rings. The normalized spacial score (nSPS) is 10.6. The minimum absolute atomic E-state index is 0.0568. The maximum absolute atomic E-state index is 12.6. The Morgan fingerprint density at radius 3 is 2.76 bits per heavy atom. The fraction of sp³-hybridized carbons (Fsp3) is 0.400. The van der Waals surface area contributed by atoms with Gasteiger partial charge >= 0.3 is 5.97 Å². The van der Waals surface area contributed by atoms with Crippen molar-refractivity contribution in [2.24, 2.45) is 0 Å². The van der Waals surface area contributed by atoms with E-state index in [0.29, 0.717) is 5.69 Å². The second-order valence-electron chi connectivity index (χ2n) is 3.19. The van der Waals surface area contributed by atoms with Crippen LogP contribution in [0.3, 0.4) is 0 Å². The van der Waals surface area contributed by atoms with Crippen molar-refractivity contribution >= 4 is 34.2 Å². The molecule has 0 aliphatic rings. The molecule has 4 nitrogen and oxygen atoms in total. The molecule has 0 radical (unpaired) electrons. The van der Waals surface area contributed by atoms with Crippen LogP contribution in [0.5, 0.6) is 0 Å². The highest BCUT2D eigenvalue weighted by atomic mass is 127. The number of ether oxygens (including phenoxy) is 1. The van der Waals surface area contributed by atoms with Crippen molar-refractivity contribution in [1.29, 1.82) is 0 Å². The standard InChI is InChI=1S/C10H11F2IN2O2/c1-2-17-7(16)4-5-3-6(14)8(9(11)12)10(13)15-5/h3,9H,2,4H2,1H3,(H2,14,15). The molecule has 0 saturated heterocycles. The first-order valence-corrected chi connectivity index (χ1v) is 5.92. The van der Waals surface area contributed by atoms with Crippen molar-refractivity contribution in [3.8, 4) is 0 Å². The number of aromatic nitrogens is 1. The van der Waals surface area contributed by atoms with E-state index >= 15 is 0 Å². The van der Waals surface area contributed by atoms with Gasteiger partial charge in [-0.25, -0.2) is 13.8 Å². The zero-order valence-corrected chi connectivity index (χ0v) is 11.2. The molecule has 0 aliphatic heterocycles. The summed E-state index contributed by atoms with van der Waals surface area (Å²) >= 11 is 1.67. The Labute approximate surface area is 111 Å². The van der Waals surface area contributed by atoms with Gasteiger partial charge < -0.3 is 10.5 Å². The minimum Gasteiger partial charge on any atom is -0.466 e. The Hall–Kier alpha value is -0.990. The van der Waals surface area contributed by atoms with Crippen molar-refractivity contribution in [3.05, 3.63) is 21.0 Å². The van der Waals surface area contributed by atoms with Crippen LogP contribution in [0, 0.1) is 3.70 Å². The number of carbonyl (C=O) groups excluding carboxylic acids is 1. The number of rotatable bonds is 4. The lowest BCUT2D eigenvalue weighted by molar-refractivity contribution is -0.142. The van der Waals surface area contributed by atoms with E-state index in [1.807, 2.05) is 0 Å². The Morgan fingerprint density at radius 1 is 1.65 bits per heavy atom. The molecule has 0 saturated carbocycles. The van der Waals surface area contributed by atoms with Crippen LogP contribution < -0.4 is 5.73 Å². The average molecular weight is 356 g/mol. The van der Waals surface area contributed by atoms with Crippen LogP contribution in [0.15, 0.2) is 6.07 Å². The SMILES string of the molecule is CCOC(=O)Cc1cc(N)c(C(F)F)c(I)n1. The van der Waals surface area contributed by atoms with Crippen LogP contribution in [-0.2, 0) is 16.0 Å². The zero-order chi connectivity index (χ0) is 13.0. The number of nitrogens with zero attached hydrogens (tertiary/aromatic N) is 1. The molecule has 0 atom stereocenters. The van der Waals surface area contributed by atoms with E-state index in [-0.39, 0.29) is 28.0 Å². The molecular weight excluding hydrogens is 345 g/mol. The number of carbonyl (C=O) groups is 1. The van der Waals surface area contributed by atoms with Crippen LogP contribution in [-0.4, -0.2) is 17.6 Å². The Bertz CT molecular complexity index is 404. The molecule has 0 unspecified atom stereocenters. The molecule has 2 N–H and O–H groups in total. The zero-order valence-electron chi connectivity index (χ0n) is 9.04. The van der Waals surface area contributed by atoms with Gasteiger partial charge in [0.1, 0.15) is 3.70 Å². The molecule has 94 valence electrons. The van der Waals surface area contributed by atoms with Crippen molar-refractivity contribution in [3.63, 3.8) is 0 Å². The first kappa shape index (κ1) is 14.1. The second kappa shape index (κ2) is 6.08. The van der Waals surface area contributed by atoms with Gasteiger partial charge in [-0.05, 0) is 35.6 Å². The highest BCUT2D eigenvalue weighted by molar-refractivity contribution is 14.1.